The molecule has 2 aromatic rings. The summed E-state index contributed by atoms with van der Waals surface area (Å²) in [6.45, 7) is 1.53. The third-order valence-electron chi connectivity index (χ3n) is 4.11. The van der Waals surface area contributed by atoms with Crippen LogP contribution in [-0.4, -0.2) is 5.78 Å². The van der Waals surface area contributed by atoms with Crippen molar-refractivity contribution in [2.45, 2.75) is 32.6 Å². The summed E-state index contributed by atoms with van der Waals surface area (Å²) < 4.78 is 0. The summed E-state index contributed by atoms with van der Waals surface area (Å²) in [5.74, 6) is -0.00357. The summed E-state index contributed by atoms with van der Waals surface area (Å²) in [5.41, 5.74) is 12.0. The largest absolute Gasteiger partial charge is 0.398 e. The van der Waals surface area contributed by atoms with Gasteiger partial charge in [0.25, 0.3) is 0 Å². The van der Waals surface area contributed by atoms with Crippen LogP contribution in [0.5, 0.6) is 0 Å². The highest BCUT2D eigenvalue weighted by Crippen LogP contribution is 2.30. The van der Waals surface area contributed by atoms with Crippen LogP contribution in [0, 0.1) is 0 Å². The molecule has 21 heavy (non-hydrogen) atoms. The Morgan fingerprint density at radius 3 is 2.71 bits per heavy atom. The number of anilines is 3. The van der Waals surface area contributed by atoms with Gasteiger partial charge in [0.15, 0.2) is 5.78 Å². The van der Waals surface area contributed by atoms with Crippen LogP contribution in [0.3, 0.4) is 0 Å². The van der Waals surface area contributed by atoms with Crippen LogP contribution in [0.4, 0.5) is 17.1 Å². The number of hydrogen-bond acceptors (Lipinski definition) is 3. The minimum atomic E-state index is -0.00357. The van der Waals surface area contributed by atoms with E-state index in [9.17, 15) is 4.79 Å². The molecule has 0 radical (unpaired) electrons. The normalized spacial score (nSPS) is 13.6. The predicted octanol–water partition coefficient (Wildman–Crippen LogP) is 4.09. The van der Waals surface area contributed by atoms with Crippen LogP contribution in [0.1, 0.15) is 41.3 Å². The van der Waals surface area contributed by atoms with Crippen molar-refractivity contribution >= 4 is 22.8 Å². The number of nitrogens with two attached hydrogens (primary N) is 1. The zero-order chi connectivity index (χ0) is 14.8. The summed E-state index contributed by atoms with van der Waals surface area (Å²) in [6, 6.07) is 12.0. The first-order valence-corrected chi connectivity index (χ1v) is 7.43. The first-order valence-electron chi connectivity index (χ1n) is 7.43. The molecule has 108 valence electrons. The maximum absolute atomic E-state index is 11.4. The van der Waals surface area contributed by atoms with Gasteiger partial charge in [-0.15, -0.1) is 0 Å². The number of hydrogen-bond donors (Lipinski definition) is 2. The van der Waals surface area contributed by atoms with Gasteiger partial charge in [0, 0.05) is 22.6 Å². The fourth-order valence-electron chi connectivity index (χ4n) is 3.02. The molecule has 0 saturated heterocycles. The van der Waals surface area contributed by atoms with Crippen molar-refractivity contribution in [1.82, 2.24) is 0 Å². The maximum atomic E-state index is 11.4. The number of nitrogens with one attached hydrogen (secondary N) is 1. The molecule has 0 spiro atoms. The number of rotatable bonds is 3. The molecule has 0 unspecified atom stereocenters. The van der Waals surface area contributed by atoms with Crippen molar-refractivity contribution in [3.8, 4) is 0 Å². The summed E-state index contributed by atoms with van der Waals surface area (Å²) in [5, 5.41) is 3.45. The van der Waals surface area contributed by atoms with Crippen LogP contribution in [0.2, 0.25) is 0 Å². The van der Waals surface area contributed by atoms with Gasteiger partial charge in [-0.25, -0.2) is 0 Å². The highest BCUT2D eigenvalue weighted by atomic mass is 16.1. The Kier molecular flexibility index (Phi) is 3.65. The standard InChI is InChI=1S/C18H20N2O/c1-12(21)15-10-9-14(11-17(15)19)20-18-8-4-6-13-5-2-3-7-16(13)18/h4,6,8-11,20H,2-3,5,7,19H2,1H3. The average molecular weight is 280 g/mol. The number of nitrogen functional groups attached to an aromatic ring is 1. The van der Waals surface area contributed by atoms with Crippen molar-refractivity contribution in [2.24, 2.45) is 0 Å². The quantitative estimate of drug-likeness (QED) is 0.657. The van der Waals surface area contributed by atoms with Gasteiger partial charge < -0.3 is 11.1 Å². The van der Waals surface area contributed by atoms with Gasteiger partial charge in [-0.05, 0) is 68.0 Å². The van der Waals surface area contributed by atoms with E-state index in [4.69, 9.17) is 5.73 Å². The Morgan fingerprint density at radius 2 is 1.95 bits per heavy atom. The van der Waals surface area contributed by atoms with Gasteiger partial charge in [-0.2, -0.15) is 0 Å². The van der Waals surface area contributed by atoms with Crippen LogP contribution in [0.15, 0.2) is 36.4 Å². The van der Waals surface area contributed by atoms with Crippen molar-refractivity contribution in [3.05, 3.63) is 53.1 Å². The highest BCUT2D eigenvalue weighted by Gasteiger charge is 2.13. The number of fused-ring (bicyclic) bond motifs is 1. The lowest BCUT2D eigenvalue weighted by Gasteiger charge is -2.20. The lowest BCUT2D eigenvalue weighted by Crippen LogP contribution is -2.06. The lowest BCUT2D eigenvalue weighted by molar-refractivity contribution is 0.101. The fraction of sp³-hybridized carbons (Fsp3) is 0.278. The molecule has 0 amide bonds. The molecule has 0 fully saturated rings. The van der Waals surface area contributed by atoms with Crippen LogP contribution in [0.25, 0.3) is 0 Å². The summed E-state index contributed by atoms with van der Waals surface area (Å²) in [7, 11) is 0. The molecule has 1 aliphatic rings. The zero-order valence-corrected chi connectivity index (χ0v) is 12.3. The molecule has 0 atom stereocenters. The van der Waals surface area contributed by atoms with E-state index in [2.05, 4.69) is 23.5 Å². The Morgan fingerprint density at radius 1 is 1.14 bits per heavy atom. The van der Waals surface area contributed by atoms with Crippen molar-refractivity contribution < 1.29 is 4.79 Å². The highest BCUT2D eigenvalue weighted by molar-refractivity contribution is 5.99. The van der Waals surface area contributed by atoms with E-state index in [0.717, 1.165) is 24.2 Å². The number of ketones is 1. The van der Waals surface area contributed by atoms with E-state index in [1.165, 1.54) is 30.9 Å². The minimum Gasteiger partial charge on any atom is -0.398 e. The molecule has 3 N–H and O–H groups in total. The van der Waals surface area contributed by atoms with Gasteiger partial charge in [-0.1, -0.05) is 12.1 Å². The Bertz CT molecular complexity index is 692. The molecule has 0 bridgehead atoms. The van der Waals surface area contributed by atoms with E-state index in [1.807, 2.05) is 12.1 Å². The fourth-order valence-corrected chi connectivity index (χ4v) is 3.02. The monoisotopic (exact) mass is 280 g/mol. The van der Waals surface area contributed by atoms with Crippen LogP contribution < -0.4 is 11.1 Å². The molecule has 0 saturated carbocycles. The molecule has 3 nitrogen and oxygen atoms in total. The number of Topliss-reactive ketones (excluding diaryl/α,β-unsaturated/α-hetero) is 1. The van der Waals surface area contributed by atoms with Gasteiger partial charge in [-0.3, -0.25) is 4.79 Å². The zero-order valence-electron chi connectivity index (χ0n) is 12.3. The second-order valence-corrected chi connectivity index (χ2v) is 5.63. The number of carbonyl (C=O) groups is 1. The molecule has 1 aliphatic carbocycles. The Hall–Kier alpha value is -2.29. The third kappa shape index (κ3) is 2.77. The Balaban J connectivity index is 1.91. The molecule has 0 aliphatic heterocycles. The molecule has 3 heteroatoms. The lowest BCUT2D eigenvalue weighted by atomic mass is 9.90. The number of benzene rings is 2. The van der Waals surface area contributed by atoms with Gasteiger partial charge >= 0.3 is 0 Å². The second kappa shape index (κ2) is 5.60. The van der Waals surface area contributed by atoms with Gasteiger partial charge in [0.05, 0.1) is 0 Å². The summed E-state index contributed by atoms with van der Waals surface area (Å²) >= 11 is 0. The molecule has 2 aromatic carbocycles. The molecule has 0 heterocycles. The van der Waals surface area contributed by atoms with E-state index in [0.29, 0.717) is 11.3 Å². The predicted molar refractivity (Wildman–Crippen MR) is 87.2 cm³/mol. The number of aryl methyl sites for hydroxylation is 1. The number of carbonyl (C=O) groups excluding carboxylic acids is 1. The van der Waals surface area contributed by atoms with E-state index >= 15 is 0 Å². The van der Waals surface area contributed by atoms with Crippen molar-refractivity contribution in [3.63, 3.8) is 0 Å². The van der Waals surface area contributed by atoms with E-state index < -0.39 is 0 Å². The second-order valence-electron chi connectivity index (χ2n) is 5.63. The van der Waals surface area contributed by atoms with Gasteiger partial charge in [0.2, 0.25) is 0 Å². The first-order chi connectivity index (χ1) is 10.1. The Labute approximate surface area is 125 Å². The minimum absolute atomic E-state index is 0.00357. The molecular formula is C18H20N2O. The maximum Gasteiger partial charge on any atom is 0.161 e. The topological polar surface area (TPSA) is 55.1 Å². The molecular weight excluding hydrogens is 260 g/mol. The summed E-state index contributed by atoms with van der Waals surface area (Å²) in [4.78, 5) is 11.4. The summed E-state index contributed by atoms with van der Waals surface area (Å²) in [6.07, 6.45) is 4.81. The average Bonchev–Trinajstić information content (AvgIpc) is 2.47. The first kappa shape index (κ1) is 13.7. The van der Waals surface area contributed by atoms with E-state index in [-0.39, 0.29) is 5.78 Å². The molecule has 0 aromatic heterocycles. The van der Waals surface area contributed by atoms with Crippen molar-refractivity contribution in [2.75, 3.05) is 11.1 Å². The van der Waals surface area contributed by atoms with E-state index in [1.54, 1.807) is 6.07 Å². The smallest absolute Gasteiger partial charge is 0.161 e. The van der Waals surface area contributed by atoms with Crippen molar-refractivity contribution in [1.29, 1.82) is 0 Å². The van der Waals surface area contributed by atoms with Crippen LogP contribution in [-0.2, 0) is 12.8 Å². The molecule has 3 rings (SSSR count). The van der Waals surface area contributed by atoms with Crippen LogP contribution >= 0.6 is 0 Å². The SMILES string of the molecule is CC(=O)c1ccc(Nc2cccc3c2CCCC3)cc1N. The van der Waals surface area contributed by atoms with Gasteiger partial charge in [0.1, 0.15) is 0 Å². The third-order valence-corrected chi connectivity index (χ3v) is 4.11.